The smallest absolute Gasteiger partial charge is 0.242 e. The Bertz CT molecular complexity index is 965. The molecule has 3 rings (SSSR count). The molecule has 1 unspecified atom stereocenters. The summed E-state index contributed by atoms with van der Waals surface area (Å²) in [6.45, 7) is 2.25. The Morgan fingerprint density at radius 3 is 2.11 bits per heavy atom. The highest BCUT2D eigenvalue weighted by Crippen LogP contribution is 2.30. The van der Waals surface area contributed by atoms with Gasteiger partial charge in [0.2, 0.25) is 5.91 Å². The van der Waals surface area contributed by atoms with Crippen molar-refractivity contribution < 1.29 is 26.4 Å². The van der Waals surface area contributed by atoms with Crippen LogP contribution in [0.1, 0.15) is 19.8 Å². The Hall–Kier alpha value is -2.55. The Kier molecular flexibility index (Phi) is 5.64. The first-order valence-electron chi connectivity index (χ1n) is 8.74. The second-order valence-electron chi connectivity index (χ2n) is 6.61. The lowest BCUT2D eigenvalue weighted by Crippen LogP contribution is -2.32. The Balaban J connectivity index is 1.79. The minimum absolute atomic E-state index is 0.150. The van der Waals surface area contributed by atoms with Gasteiger partial charge in [0, 0.05) is 18.8 Å². The van der Waals surface area contributed by atoms with Crippen molar-refractivity contribution in [1.82, 2.24) is 0 Å². The Morgan fingerprint density at radius 1 is 1.04 bits per heavy atom. The van der Waals surface area contributed by atoms with Crippen molar-refractivity contribution in [3.8, 4) is 0 Å². The van der Waals surface area contributed by atoms with E-state index in [0.29, 0.717) is 13.1 Å². The highest BCUT2D eigenvalue weighted by Gasteiger charge is 2.30. The van der Waals surface area contributed by atoms with Crippen LogP contribution in [0.4, 0.5) is 24.5 Å². The largest absolute Gasteiger partial charge is 0.367 e. The summed E-state index contributed by atoms with van der Waals surface area (Å²) < 4.78 is 66.7. The fourth-order valence-corrected chi connectivity index (χ4v) is 4.36. The third kappa shape index (κ3) is 3.99. The third-order valence-corrected chi connectivity index (χ3v) is 6.76. The van der Waals surface area contributed by atoms with E-state index in [1.165, 1.54) is 0 Å². The zero-order valence-corrected chi connectivity index (χ0v) is 15.9. The second-order valence-corrected chi connectivity index (χ2v) is 8.88. The van der Waals surface area contributed by atoms with Crippen molar-refractivity contribution in [3.63, 3.8) is 0 Å². The number of sulfone groups is 1. The Labute approximate surface area is 161 Å². The number of nitrogens with one attached hydrogen (secondary N) is 1. The number of hydrogen-bond donors (Lipinski definition) is 1. The van der Waals surface area contributed by atoms with Crippen LogP contribution in [0.3, 0.4) is 0 Å². The zero-order valence-electron chi connectivity index (χ0n) is 15.1. The van der Waals surface area contributed by atoms with Gasteiger partial charge in [0.15, 0.2) is 21.5 Å². The Morgan fingerprint density at radius 2 is 1.57 bits per heavy atom. The van der Waals surface area contributed by atoms with Crippen LogP contribution in [0, 0.1) is 17.5 Å². The fraction of sp³-hybridized carbons (Fsp3) is 0.316. The molecule has 0 saturated carbocycles. The molecule has 1 N–H and O–H groups in total. The fourth-order valence-electron chi connectivity index (χ4n) is 3.09. The summed E-state index contributed by atoms with van der Waals surface area (Å²) in [5, 5.41) is 0.698. The summed E-state index contributed by atoms with van der Waals surface area (Å²) in [5.74, 6) is -3.21. The van der Waals surface area contributed by atoms with E-state index in [2.05, 4.69) is 5.32 Å². The summed E-state index contributed by atoms with van der Waals surface area (Å²) in [6, 6.07) is 5.98. The van der Waals surface area contributed by atoms with Gasteiger partial charge in [0.1, 0.15) is 16.8 Å². The van der Waals surface area contributed by atoms with Gasteiger partial charge in [-0.2, -0.15) is 0 Å². The average molecular weight is 412 g/mol. The molecule has 1 amide bonds. The number of anilines is 2. The van der Waals surface area contributed by atoms with Gasteiger partial charge < -0.3 is 10.2 Å². The van der Waals surface area contributed by atoms with Crippen LogP contribution in [0.2, 0.25) is 0 Å². The number of rotatable bonds is 5. The van der Waals surface area contributed by atoms with Gasteiger partial charge in [0.25, 0.3) is 0 Å². The molecule has 5 nitrogen and oxygen atoms in total. The number of benzene rings is 2. The summed E-state index contributed by atoms with van der Waals surface area (Å²) in [6.07, 6.45) is 1.69. The molecular weight excluding hydrogens is 393 g/mol. The summed E-state index contributed by atoms with van der Waals surface area (Å²) in [7, 11) is -4.09. The molecule has 0 aliphatic carbocycles. The molecule has 0 bridgehead atoms. The molecule has 9 heteroatoms. The second kappa shape index (κ2) is 7.83. The lowest BCUT2D eigenvalue weighted by Gasteiger charge is -2.20. The van der Waals surface area contributed by atoms with Crippen molar-refractivity contribution in [2.75, 3.05) is 23.3 Å². The van der Waals surface area contributed by atoms with E-state index in [9.17, 15) is 26.4 Å². The molecule has 2 aromatic rings. The van der Waals surface area contributed by atoms with E-state index in [-0.39, 0.29) is 16.3 Å². The SMILES string of the molecule is CC(C(=O)Nc1cc(F)c(N2CCCC2)c(F)c1)S(=O)(=O)c1ccc(F)cc1. The standard InChI is InChI=1S/C19H19F3N2O3S/c1-12(28(26,27)15-6-4-13(20)5-7-15)19(25)23-14-10-16(21)18(17(22)11-14)24-8-2-3-9-24/h4-7,10-12H,2-3,8-9H2,1H3,(H,23,25). The number of amides is 1. The van der Waals surface area contributed by atoms with Crippen LogP contribution in [0.15, 0.2) is 41.3 Å². The predicted molar refractivity (Wildman–Crippen MR) is 99.5 cm³/mol. The number of carbonyl (C=O) groups is 1. The molecule has 0 spiro atoms. The first-order valence-corrected chi connectivity index (χ1v) is 10.3. The van der Waals surface area contributed by atoms with Crippen molar-refractivity contribution in [3.05, 3.63) is 53.8 Å². The van der Waals surface area contributed by atoms with Gasteiger partial charge in [-0.25, -0.2) is 21.6 Å². The van der Waals surface area contributed by atoms with E-state index in [0.717, 1.165) is 56.2 Å². The van der Waals surface area contributed by atoms with Gasteiger partial charge in [-0.15, -0.1) is 0 Å². The van der Waals surface area contributed by atoms with Crippen LogP contribution in [0.5, 0.6) is 0 Å². The minimum Gasteiger partial charge on any atom is -0.367 e. The van der Waals surface area contributed by atoms with E-state index in [1.54, 1.807) is 4.90 Å². The van der Waals surface area contributed by atoms with Crippen LogP contribution in [-0.2, 0) is 14.6 Å². The number of nitrogens with zero attached hydrogens (tertiary/aromatic N) is 1. The number of hydrogen-bond acceptors (Lipinski definition) is 4. The zero-order chi connectivity index (χ0) is 20.5. The van der Waals surface area contributed by atoms with Gasteiger partial charge in [-0.05, 0) is 56.2 Å². The van der Waals surface area contributed by atoms with Crippen LogP contribution in [-0.4, -0.2) is 32.7 Å². The van der Waals surface area contributed by atoms with Crippen molar-refractivity contribution in [2.24, 2.45) is 0 Å². The third-order valence-electron chi connectivity index (χ3n) is 4.68. The van der Waals surface area contributed by atoms with Crippen LogP contribution >= 0.6 is 0 Å². The predicted octanol–water partition coefficient (Wildman–Crippen LogP) is 3.51. The van der Waals surface area contributed by atoms with Gasteiger partial charge in [-0.1, -0.05) is 0 Å². The van der Waals surface area contributed by atoms with Crippen LogP contribution < -0.4 is 10.2 Å². The molecule has 1 aliphatic rings. The van der Waals surface area contributed by atoms with E-state index in [1.807, 2.05) is 0 Å². The lowest BCUT2D eigenvalue weighted by atomic mass is 10.2. The maximum atomic E-state index is 14.4. The van der Waals surface area contributed by atoms with Gasteiger partial charge >= 0.3 is 0 Å². The number of carbonyl (C=O) groups excluding carboxylic acids is 1. The maximum absolute atomic E-state index is 14.4. The molecule has 1 heterocycles. The average Bonchev–Trinajstić information content (AvgIpc) is 3.15. The summed E-state index contributed by atoms with van der Waals surface area (Å²) in [4.78, 5) is 13.7. The van der Waals surface area contributed by atoms with Crippen molar-refractivity contribution >= 4 is 27.1 Å². The molecule has 0 radical (unpaired) electrons. The molecule has 28 heavy (non-hydrogen) atoms. The van der Waals surface area contributed by atoms with Crippen molar-refractivity contribution in [1.29, 1.82) is 0 Å². The van der Waals surface area contributed by atoms with E-state index >= 15 is 0 Å². The first-order chi connectivity index (χ1) is 13.2. The van der Waals surface area contributed by atoms with Crippen LogP contribution in [0.25, 0.3) is 0 Å². The molecular formula is C19H19F3N2O3S. The number of halogens is 3. The lowest BCUT2D eigenvalue weighted by molar-refractivity contribution is -0.115. The molecule has 1 fully saturated rings. The molecule has 1 aliphatic heterocycles. The maximum Gasteiger partial charge on any atom is 0.242 e. The van der Waals surface area contributed by atoms with Crippen molar-refractivity contribution in [2.45, 2.75) is 29.9 Å². The molecule has 2 aromatic carbocycles. The quantitative estimate of drug-likeness (QED) is 0.764. The molecule has 150 valence electrons. The molecule has 0 aromatic heterocycles. The van der Waals surface area contributed by atoms with Gasteiger partial charge in [0.05, 0.1) is 4.90 Å². The molecule has 1 atom stereocenters. The summed E-state index contributed by atoms with van der Waals surface area (Å²) in [5.41, 5.74) is -0.327. The van der Waals surface area contributed by atoms with E-state index < -0.39 is 38.4 Å². The topological polar surface area (TPSA) is 66.5 Å². The normalized spacial score (nSPS) is 15.5. The highest BCUT2D eigenvalue weighted by molar-refractivity contribution is 7.92. The first kappa shape index (κ1) is 20.2. The highest BCUT2D eigenvalue weighted by atomic mass is 32.2. The molecule has 1 saturated heterocycles. The van der Waals surface area contributed by atoms with E-state index in [4.69, 9.17) is 0 Å². The summed E-state index contributed by atoms with van der Waals surface area (Å²) >= 11 is 0. The minimum atomic E-state index is -4.09. The monoisotopic (exact) mass is 412 g/mol. The van der Waals surface area contributed by atoms with Gasteiger partial charge in [-0.3, -0.25) is 4.79 Å².